The first-order valence-electron chi connectivity index (χ1n) is 21.2. The van der Waals surface area contributed by atoms with E-state index >= 15 is 0 Å². The summed E-state index contributed by atoms with van der Waals surface area (Å²) in [5, 5.41) is 6.74. The van der Waals surface area contributed by atoms with Gasteiger partial charge in [0, 0.05) is 55.0 Å². The molecule has 6 nitrogen and oxygen atoms in total. The molecule has 0 aliphatic carbocycles. The van der Waals surface area contributed by atoms with E-state index in [0.29, 0.717) is 17.5 Å². The van der Waals surface area contributed by atoms with E-state index in [1.165, 1.54) is 0 Å². The zero-order valence-electron chi connectivity index (χ0n) is 33.9. The van der Waals surface area contributed by atoms with Crippen molar-refractivity contribution < 1.29 is 4.42 Å². The molecule has 13 aromatic rings. The normalized spacial score (nSPS) is 11.8. The number of furan rings is 1. The lowest BCUT2D eigenvalue weighted by atomic mass is 9.98. The molecule has 0 amide bonds. The van der Waals surface area contributed by atoms with E-state index in [2.05, 4.69) is 161 Å². The Morgan fingerprint density at radius 3 is 1.44 bits per heavy atom. The molecule has 13 rings (SSSR count). The van der Waals surface area contributed by atoms with Gasteiger partial charge in [0.2, 0.25) is 0 Å². The third-order valence-corrected chi connectivity index (χ3v) is 12.3. The molecule has 4 heterocycles. The molecule has 0 aliphatic rings. The molecule has 0 N–H and O–H groups in total. The van der Waals surface area contributed by atoms with Crippen molar-refractivity contribution in [2.45, 2.75) is 0 Å². The van der Waals surface area contributed by atoms with Crippen molar-refractivity contribution in [2.24, 2.45) is 0 Å². The molecule has 9 aromatic carbocycles. The molecule has 0 bridgehead atoms. The van der Waals surface area contributed by atoms with Gasteiger partial charge in [-0.1, -0.05) is 164 Å². The van der Waals surface area contributed by atoms with Gasteiger partial charge in [-0.15, -0.1) is 0 Å². The summed E-state index contributed by atoms with van der Waals surface area (Å²) in [5.41, 5.74) is 13.1. The fraction of sp³-hybridized carbons (Fsp3) is 0. The third kappa shape index (κ3) is 5.41. The van der Waals surface area contributed by atoms with Gasteiger partial charge < -0.3 is 13.6 Å². The predicted octanol–water partition coefficient (Wildman–Crippen LogP) is 14.6. The summed E-state index contributed by atoms with van der Waals surface area (Å²) in [5.74, 6) is 1.85. The minimum Gasteiger partial charge on any atom is -0.455 e. The van der Waals surface area contributed by atoms with Gasteiger partial charge in [0.1, 0.15) is 11.2 Å². The van der Waals surface area contributed by atoms with Crippen LogP contribution >= 0.6 is 0 Å². The number of benzene rings is 9. The van der Waals surface area contributed by atoms with Crippen LogP contribution in [0.2, 0.25) is 0 Å². The predicted molar refractivity (Wildman–Crippen MR) is 258 cm³/mol. The summed E-state index contributed by atoms with van der Waals surface area (Å²) >= 11 is 0. The molecule has 0 saturated heterocycles. The Bertz CT molecular complexity index is 3830. The van der Waals surface area contributed by atoms with E-state index in [9.17, 15) is 0 Å². The maximum Gasteiger partial charge on any atom is 0.164 e. The van der Waals surface area contributed by atoms with Crippen LogP contribution in [0.25, 0.3) is 122 Å². The number of nitrogens with zero attached hydrogens (tertiary/aromatic N) is 5. The minimum atomic E-state index is 0.605. The molecule has 6 heteroatoms. The van der Waals surface area contributed by atoms with Crippen LogP contribution in [0.1, 0.15) is 0 Å². The van der Waals surface area contributed by atoms with Crippen LogP contribution in [-0.2, 0) is 0 Å². The second kappa shape index (κ2) is 14.0. The Morgan fingerprint density at radius 1 is 0.333 bits per heavy atom. The molecule has 0 atom stereocenters. The van der Waals surface area contributed by atoms with Crippen molar-refractivity contribution in [3.05, 3.63) is 212 Å². The van der Waals surface area contributed by atoms with Crippen molar-refractivity contribution >= 4 is 65.6 Å². The Balaban J connectivity index is 1.18. The van der Waals surface area contributed by atoms with Crippen molar-refractivity contribution in [1.82, 2.24) is 24.1 Å². The SMILES string of the molecule is c1ccc(-c2nc(-c3ccccc3)nc(-c3ccc(-n4c5ccccc5c5c6c7ccccc7oc6c6c7ccccc7n(-c7ccccc7)c6c54)cc3-c3ccccc3)n2)cc1. The van der Waals surface area contributed by atoms with Gasteiger partial charge in [-0.2, -0.15) is 0 Å². The maximum absolute atomic E-state index is 6.98. The van der Waals surface area contributed by atoms with Crippen LogP contribution in [0.4, 0.5) is 0 Å². The lowest BCUT2D eigenvalue weighted by molar-refractivity contribution is 0.673. The van der Waals surface area contributed by atoms with E-state index in [1.807, 2.05) is 60.7 Å². The van der Waals surface area contributed by atoms with Crippen LogP contribution in [0.15, 0.2) is 217 Å². The first-order chi connectivity index (χ1) is 31.3. The molecule has 0 radical (unpaired) electrons. The standard InChI is InChI=1S/C57H35N5O/c1-5-19-36(20-6-1)45-35-40(33-34-41(45)57-59-55(37-21-7-2-8-22-37)58-56(60-57)38-23-9-3-10-24-38)62-46-30-16-13-27-42(46)49-50-44-29-15-18-32-48(44)63-54(50)51-43-28-14-17-31-47(43)61(53(51)52(49)62)39-25-11-4-12-26-39/h1-35H. The Kier molecular flexibility index (Phi) is 7.80. The Morgan fingerprint density at radius 2 is 0.810 bits per heavy atom. The fourth-order valence-electron chi connectivity index (χ4n) is 9.65. The lowest BCUT2D eigenvalue weighted by Crippen LogP contribution is -2.02. The highest BCUT2D eigenvalue weighted by Crippen LogP contribution is 2.50. The Labute approximate surface area is 361 Å². The number of fused-ring (bicyclic) bond motifs is 12. The molecule has 0 spiro atoms. The second-order valence-corrected chi connectivity index (χ2v) is 15.9. The second-order valence-electron chi connectivity index (χ2n) is 15.9. The van der Waals surface area contributed by atoms with Crippen molar-refractivity contribution in [1.29, 1.82) is 0 Å². The number of rotatable bonds is 6. The quantitative estimate of drug-likeness (QED) is 0.168. The van der Waals surface area contributed by atoms with Crippen molar-refractivity contribution in [3.8, 4) is 56.7 Å². The summed E-state index contributed by atoms with van der Waals surface area (Å²) in [7, 11) is 0. The van der Waals surface area contributed by atoms with Crippen molar-refractivity contribution in [2.75, 3.05) is 0 Å². The highest BCUT2D eigenvalue weighted by molar-refractivity contribution is 6.39. The van der Waals surface area contributed by atoms with Gasteiger partial charge in [0.15, 0.2) is 17.5 Å². The molecule has 294 valence electrons. The molecule has 63 heavy (non-hydrogen) atoms. The van der Waals surface area contributed by atoms with Crippen LogP contribution in [0, 0.1) is 0 Å². The first-order valence-corrected chi connectivity index (χ1v) is 21.2. The third-order valence-electron chi connectivity index (χ3n) is 12.3. The topological polar surface area (TPSA) is 61.7 Å². The summed E-state index contributed by atoms with van der Waals surface area (Å²) in [6, 6.07) is 74.2. The number of hydrogen-bond acceptors (Lipinski definition) is 4. The molecule has 0 unspecified atom stereocenters. The monoisotopic (exact) mass is 805 g/mol. The minimum absolute atomic E-state index is 0.605. The zero-order valence-corrected chi connectivity index (χ0v) is 33.9. The molecular formula is C57H35N5O. The highest BCUT2D eigenvalue weighted by atomic mass is 16.3. The maximum atomic E-state index is 6.98. The molecule has 0 aliphatic heterocycles. The average molecular weight is 806 g/mol. The van der Waals surface area contributed by atoms with Gasteiger partial charge in [-0.3, -0.25) is 0 Å². The van der Waals surface area contributed by atoms with Gasteiger partial charge in [0.25, 0.3) is 0 Å². The Hall–Kier alpha value is -8.61. The number of hydrogen-bond donors (Lipinski definition) is 0. The van der Waals surface area contributed by atoms with E-state index in [4.69, 9.17) is 19.4 Å². The highest BCUT2D eigenvalue weighted by Gasteiger charge is 2.28. The molecule has 0 fully saturated rings. The van der Waals surface area contributed by atoms with E-state index in [-0.39, 0.29) is 0 Å². The van der Waals surface area contributed by atoms with Gasteiger partial charge in [0.05, 0.1) is 27.5 Å². The van der Waals surface area contributed by atoms with Crippen LogP contribution in [0.3, 0.4) is 0 Å². The van der Waals surface area contributed by atoms with Crippen LogP contribution in [-0.4, -0.2) is 24.1 Å². The van der Waals surface area contributed by atoms with Crippen molar-refractivity contribution in [3.63, 3.8) is 0 Å². The lowest BCUT2D eigenvalue weighted by Gasteiger charge is -2.16. The fourth-order valence-corrected chi connectivity index (χ4v) is 9.65. The first kappa shape index (κ1) is 35.2. The van der Waals surface area contributed by atoms with Gasteiger partial charge in [-0.05, 0) is 59.7 Å². The van der Waals surface area contributed by atoms with Crippen LogP contribution < -0.4 is 0 Å². The summed E-state index contributed by atoms with van der Waals surface area (Å²) < 4.78 is 11.9. The smallest absolute Gasteiger partial charge is 0.164 e. The largest absolute Gasteiger partial charge is 0.455 e. The zero-order chi connectivity index (χ0) is 41.4. The molecule has 4 aromatic heterocycles. The average Bonchev–Trinajstić information content (AvgIpc) is 4.03. The van der Waals surface area contributed by atoms with E-state index < -0.39 is 0 Å². The number of aromatic nitrogens is 5. The summed E-state index contributed by atoms with van der Waals surface area (Å²) in [4.78, 5) is 15.4. The summed E-state index contributed by atoms with van der Waals surface area (Å²) in [6.45, 7) is 0. The summed E-state index contributed by atoms with van der Waals surface area (Å²) in [6.07, 6.45) is 0. The molecule has 0 saturated carbocycles. The van der Waals surface area contributed by atoms with Gasteiger partial charge in [-0.25, -0.2) is 15.0 Å². The van der Waals surface area contributed by atoms with Gasteiger partial charge >= 0.3 is 0 Å². The number of para-hydroxylation sites is 4. The molecular weight excluding hydrogens is 771 g/mol. The van der Waals surface area contributed by atoms with E-state index in [1.54, 1.807) is 0 Å². The van der Waals surface area contributed by atoms with Crippen LogP contribution in [0.5, 0.6) is 0 Å². The van der Waals surface area contributed by atoms with E-state index in [0.717, 1.165) is 105 Å².